The molecule has 0 aliphatic rings. The summed E-state index contributed by atoms with van der Waals surface area (Å²) in [4.78, 5) is 2.46. The van der Waals surface area contributed by atoms with Crippen LogP contribution in [0, 0.1) is 0 Å². The van der Waals surface area contributed by atoms with Gasteiger partial charge in [-0.15, -0.1) is 0 Å². The molecule has 0 unspecified atom stereocenters. The quantitative estimate of drug-likeness (QED) is 0.461. The lowest BCUT2D eigenvalue weighted by Crippen LogP contribution is -2.30. The Bertz CT molecular complexity index is 134. The standard InChI is InChI=1S/C14H30FNO/c1-3-5-7-10-16(11-8-6-4-2)12-14-17-13-9-15/h3-14H2,1-2H3. The van der Waals surface area contributed by atoms with Gasteiger partial charge in [0, 0.05) is 6.54 Å². The molecular formula is C14H30FNO. The summed E-state index contributed by atoms with van der Waals surface area (Å²) in [6.45, 7) is 8.28. The molecule has 0 aliphatic heterocycles. The number of alkyl halides is 1. The Morgan fingerprint density at radius 1 is 0.824 bits per heavy atom. The van der Waals surface area contributed by atoms with Crippen molar-refractivity contribution in [2.45, 2.75) is 52.4 Å². The number of ether oxygens (including phenoxy) is 1. The predicted molar refractivity (Wildman–Crippen MR) is 72.3 cm³/mol. The van der Waals surface area contributed by atoms with Gasteiger partial charge in [0.2, 0.25) is 0 Å². The molecule has 0 fully saturated rings. The molecule has 0 aromatic carbocycles. The monoisotopic (exact) mass is 247 g/mol. The maximum Gasteiger partial charge on any atom is 0.113 e. The van der Waals surface area contributed by atoms with Gasteiger partial charge in [0.25, 0.3) is 0 Å². The SMILES string of the molecule is CCCCCN(CCCCC)CCOCCF. The molecule has 0 heterocycles. The number of halogens is 1. The molecule has 0 radical (unpaired) electrons. The maximum absolute atomic E-state index is 11.9. The van der Waals surface area contributed by atoms with Gasteiger partial charge in [-0.3, -0.25) is 0 Å². The van der Waals surface area contributed by atoms with Gasteiger partial charge in [-0.05, 0) is 25.9 Å². The summed E-state index contributed by atoms with van der Waals surface area (Å²) in [7, 11) is 0. The van der Waals surface area contributed by atoms with Crippen LogP contribution in [0.5, 0.6) is 0 Å². The third-order valence-electron chi connectivity index (χ3n) is 2.93. The number of hydrogen-bond donors (Lipinski definition) is 0. The van der Waals surface area contributed by atoms with Gasteiger partial charge in [0.15, 0.2) is 0 Å². The lowest BCUT2D eigenvalue weighted by molar-refractivity contribution is 0.0919. The second-order valence-electron chi connectivity index (χ2n) is 4.56. The van der Waals surface area contributed by atoms with Gasteiger partial charge >= 0.3 is 0 Å². The molecule has 3 heteroatoms. The van der Waals surface area contributed by atoms with Crippen LogP contribution in [0.25, 0.3) is 0 Å². The molecule has 0 saturated heterocycles. The Labute approximate surface area is 107 Å². The molecule has 104 valence electrons. The lowest BCUT2D eigenvalue weighted by atomic mass is 10.2. The van der Waals surface area contributed by atoms with Crippen LogP contribution in [0.1, 0.15) is 52.4 Å². The molecule has 0 aliphatic carbocycles. The van der Waals surface area contributed by atoms with Crippen LogP contribution >= 0.6 is 0 Å². The molecule has 0 saturated carbocycles. The zero-order valence-electron chi connectivity index (χ0n) is 11.7. The summed E-state index contributed by atoms with van der Waals surface area (Å²) in [5.74, 6) is 0. The highest BCUT2D eigenvalue weighted by Crippen LogP contribution is 2.02. The third kappa shape index (κ3) is 12.1. The van der Waals surface area contributed by atoms with Crippen LogP contribution in [-0.4, -0.2) is 44.4 Å². The number of hydrogen-bond acceptors (Lipinski definition) is 2. The fourth-order valence-corrected chi connectivity index (χ4v) is 1.86. The van der Waals surface area contributed by atoms with Gasteiger partial charge in [-0.25, -0.2) is 4.39 Å². The molecule has 17 heavy (non-hydrogen) atoms. The van der Waals surface area contributed by atoms with Crippen LogP contribution < -0.4 is 0 Å². The van der Waals surface area contributed by atoms with Crippen molar-refractivity contribution in [3.8, 4) is 0 Å². The van der Waals surface area contributed by atoms with Gasteiger partial charge in [-0.1, -0.05) is 39.5 Å². The van der Waals surface area contributed by atoms with E-state index in [0.717, 1.165) is 19.6 Å². The summed E-state index contributed by atoms with van der Waals surface area (Å²) in [6, 6.07) is 0. The molecular weight excluding hydrogens is 217 g/mol. The van der Waals surface area contributed by atoms with Crippen molar-refractivity contribution in [1.29, 1.82) is 0 Å². The number of rotatable bonds is 13. The fraction of sp³-hybridized carbons (Fsp3) is 1.00. The second kappa shape index (κ2) is 13.9. The van der Waals surface area contributed by atoms with Crippen LogP contribution in [0.15, 0.2) is 0 Å². The average molecular weight is 247 g/mol. The van der Waals surface area contributed by atoms with Gasteiger partial charge in [0.1, 0.15) is 6.67 Å². The van der Waals surface area contributed by atoms with E-state index in [9.17, 15) is 4.39 Å². The molecule has 0 amide bonds. The van der Waals surface area contributed by atoms with E-state index in [1.54, 1.807) is 0 Å². The Hall–Kier alpha value is -0.150. The summed E-state index contributed by atoms with van der Waals surface area (Å²) in [5, 5.41) is 0. The van der Waals surface area contributed by atoms with Crippen molar-refractivity contribution >= 4 is 0 Å². The second-order valence-corrected chi connectivity index (χ2v) is 4.56. The maximum atomic E-state index is 11.9. The first-order chi connectivity index (χ1) is 8.35. The molecule has 0 aromatic heterocycles. The van der Waals surface area contributed by atoms with Gasteiger partial charge in [-0.2, -0.15) is 0 Å². The van der Waals surface area contributed by atoms with Crippen molar-refractivity contribution < 1.29 is 9.13 Å². The normalized spacial score (nSPS) is 11.3. The molecule has 0 rings (SSSR count). The first-order valence-electron chi connectivity index (χ1n) is 7.21. The largest absolute Gasteiger partial charge is 0.377 e. The van der Waals surface area contributed by atoms with E-state index < -0.39 is 0 Å². The van der Waals surface area contributed by atoms with Crippen molar-refractivity contribution in [3.63, 3.8) is 0 Å². The first-order valence-corrected chi connectivity index (χ1v) is 7.21. The first kappa shape index (κ1) is 16.9. The predicted octanol–water partition coefficient (Wildman–Crippen LogP) is 3.65. The highest BCUT2D eigenvalue weighted by atomic mass is 19.1. The Balaban J connectivity index is 3.60. The molecule has 0 spiro atoms. The average Bonchev–Trinajstić information content (AvgIpc) is 2.34. The number of unbranched alkanes of at least 4 members (excludes halogenated alkanes) is 4. The molecule has 0 atom stereocenters. The lowest BCUT2D eigenvalue weighted by Gasteiger charge is -2.22. The van der Waals surface area contributed by atoms with E-state index in [0.29, 0.717) is 6.61 Å². The molecule has 0 aromatic rings. The van der Waals surface area contributed by atoms with E-state index in [1.165, 1.54) is 38.5 Å². The van der Waals surface area contributed by atoms with Crippen molar-refractivity contribution in [2.75, 3.05) is 39.5 Å². The summed E-state index contributed by atoms with van der Waals surface area (Å²) >= 11 is 0. The zero-order valence-corrected chi connectivity index (χ0v) is 11.7. The van der Waals surface area contributed by atoms with Gasteiger partial charge in [0.05, 0.1) is 13.2 Å². The van der Waals surface area contributed by atoms with E-state index in [2.05, 4.69) is 18.7 Å². The van der Waals surface area contributed by atoms with Crippen LogP contribution in [-0.2, 0) is 4.74 Å². The minimum absolute atomic E-state index is 0.248. The van der Waals surface area contributed by atoms with E-state index in [-0.39, 0.29) is 13.3 Å². The molecule has 2 nitrogen and oxygen atoms in total. The summed E-state index contributed by atoms with van der Waals surface area (Å²) < 4.78 is 17.1. The number of nitrogens with zero attached hydrogens (tertiary/aromatic N) is 1. The van der Waals surface area contributed by atoms with Crippen molar-refractivity contribution in [2.24, 2.45) is 0 Å². The molecule has 0 bridgehead atoms. The zero-order chi connectivity index (χ0) is 12.8. The molecule has 0 N–H and O–H groups in total. The van der Waals surface area contributed by atoms with E-state index in [1.807, 2.05) is 0 Å². The van der Waals surface area contributed by atoms with Crippen molar-refractivity contribution in [3.05, 3.63) is 0 Å². The Morgan fingerprint density at radius 2 is 1.41 bits per heavy atom. The van der Waals surface area contributed by atoms with E-state index >= 15 is 0 Å². The van der Waals surface area contributed by atoms with Gasteiger partial charge < -0.3 is 9.64 Å². The van der Waals surface area contributed by atoms with Crippen LogP contribution in [0.4, 0.5) is 4.39 Å². The summed E-state index contributed by atoms with van der Waals surface area (Å²) in [5.41, 5.74) is 0. The smallest absolute Gasteiger partial charge is 0.113 e. The minimum Gasteiger partial charge on any atom is -0.377 e. The van der Waals surface area contributed by atoms with Crippen LogP contribution in [0.2, 0.25) is 0 Å². The van der Waals surface area contributed by atoms with Crippen molar-refractivity contribution in [1.82, 2.24) is 4.90 Å². The topological polar surface area (TPSA) is 12.5 Å². The minimum atomic E-state index is -0.369. The summed E-state index contributed by atoms with van der Waals surface area (Å²) in [6.07, 6.45) is 7.67. The Morgan fingerprint density at radius 3 is 1.88 bits per heavy atom. The highest BCUT2D eigenvalue weighted by molar-refractivity contribution is 4.58. The fourth-order valence-electron chi connectivity index (χ4n) is 1.86. The highest BCUT2D eigenvalue weighted by Gasteiger charge is 2.04. The third-order valence-corrected chi connectivity index (χ3v) is 2.93. The Kier molecular flexibility index (Phi) is 13.8. The van der Waals surface area contributed by atoms with E-state index in [4.69, 9.17) is 4.74 Å². The van der Waals surface area contributed by atoms with Crippen LogP contribution in [0.3, 0.4) is 0 Å².